The van der Waals surface area contributed by atoms with E-state index < -0.39 is 17.7 Å². The fourth-order valence-electron chi connectivity index (χ4n) is 1.16. The van der Waals surface area contributed by atoms with E-state index in [2.05, 4.69) is 10.1 Å². The van der Waals surface area contributed by atoms with E-state index in [0.29, 0.717) is 16.1 Å². The van der Waals surface area contributed by atoms with Crippen molar-refractivity contribution in [2.45, 2.75) is 13.5 Å². The van der Waals surface area contributed by atoms with Crippen molar-refractivity contribution in [3.05, 3.63) is 34.1 Å². The lowest BCUT2D eigenvalue weighted by Gasteiger charge is -2.07. The molecular weight excluding hydrogens is 249 g/mol. The number of amides is 1. The molecular formula is C11H11ClFNO3. The normalized spacial score (nSPS) is 9.88. The minimum atomic E-state index is -1.01. The predicted octanol–water partition coefficient (Wildman–Crippen LogP) is 1.58. The number of nitrogens with one attached hydrogen (secondary N) is 1. The molecule has 0 heterocycles. The lowest BCUT2D eigenvalue weighted by atomic mass is 10.1. The fourth-order valence-corrected chi connectivity index (χ4v) is 1.45. The smallest absolute Gasteiger partial charge is 0.396 e. The van der Waals surface area contributed by atoms with E-state index >= 15 is 0 Å². The molecule has 17 heavy (non-hydrogen) atoms. The van der Waals surface area contributed by atoms with E-state index in [1.54, 1.807) is 6.92 Å². The van der Waals surface area contributed by atoms with Crippen LogP contribution in [0.1, 0.15) is 11.1 Å². The minimum Gasteiger partial charge on any atom is -0.462 e. The molecule has 1 amide bonds. The first-order chi connectivity index (χ1) is 7.95. The molecule has 92 valence electrons. The average molecular weight is 260 g/mol. The van der Waals surface area contributed by atoms with Crippen LogP contribution < -0.4 is 5.32 Å². The Balaban J connectivity index is 2.73. The summed E-state index contributed by atoms with van der Waals surface area (Å²) in [6, 6.07) is 2.67. The Bertz CT molecular complexity index is 462. The van der Waals surface area contributed by atoms with E-state index in [1.165, 1.54) is 12.1 Å². The molecule has 1 rings (SSSR count). The fraction of sp³-hybridized carbons (Fsp3) is 0.273. The number of hydrogen-bond acceptors (Lipinski definition) is 3. The van der Waals surface area contributed by atoms with Crippen molar-refractivity contribution in [3.8, 4) is 0 Å². The maximum absolute atomic E-state index is 13.2. The predicted molar refractivity (Wildman–Crippen MR) is 60.0 cm³/mol. The van der Waals surface area contributed by atoms with Gasteiger partial charge in [0.05, 0.1) is 7.11 Å². The highest BCUT2D eigenvalue weighted by Gasteiger charge is 2.14. The van der Waals surface area contributed by atoms with Gasteiger partial charge in [-0.15, -0.1) is 0 Å². The summed E-state index contributed by atoms with van der Waals surface area (Å²) in [7, 11) is 1.10. The molecule has 1 N–H and O–H groups in total. The zero-order valence-corrected chi connectivity index (χ0v) is 10.1. The number of carbonyl (C=O) groups excluding carboxylic acids is 2. The van der Waals surface area contributed by atoms with Crippen molar-refractivity contribution < 1.29 is 18.7 Å². The second-order valence-electron chi connectivity index (χ2n) is 3.37. The number of methoxy groups -OCH3 is 1. The SMILES string of the molecule is COC(=O)C(=O)NCc1cc(F)c(C)cc1Cl. The second kappa shape index (κ2) is 5.63. The van der Waals surface area contributed by atoms with E-state index in [-0.39, 0.29) is 6.54 Å². The molecule has 0 unspecified atom stereocenters. The zero-order chi connectivity index (χ0) is 13.0. The summed E-state index contributed by atoms with van der Waals surface area (Å²) in [4.78, 5) is 21.9. The van der Waals surface area contributed by atoms with Crippen molar-refractivity contribution in [3.63, 3.8) is 0 Å². The summed E-state index contributed by atoms with van der Waals surface area (Å²) in [6.07, 6.45) is 0. The number of ether oxygens (including phenoxy) is 1. The van der Waals surface area contributed by atoms with Gasteiger partial charge in [-0.05, 0) is 30.2 Å². The van der Waals surface area contributed by atoms with Gasteiger partial charge in [-0.2, -0.15) is 0 Å². The molecule has 0 aliphatic rings. The average Bonchev–Trinajstić information content (AvgIpc) is 2.30. The summed E-state index contributed by atoms with van der Waals surface area (Å²) >= 11 is 5.86. The number of halogens is 2. The van der Waals surface area contributed by atoms with E-state index in [0.717, 1.165) is 7.11 Å². The van der Waals surface area contributed by atoms with Crippen LogP contribution in [-0.2, 0) is 20.9 Å². The molecule has 6 heteroatoms. The standard InChI is InChI=1S/C11H11ClFNO3/c1-6-3-8(12)7(4-9(6)13)5-14-10(15)11(16)17-2/h3-4H,5H2,1-2H3,(H,14,15). The van der Waals surface area contributed by atoms with E-state index in [9.17, 15) is 14.0 Å². The van der Waals surface area contributed by atoms with Crippen LogP contribution >= 0.6 is 11.6 Å². The number of rotatable bonds is 2. The Labute approximate surface area is 103 Å². The Morgan fingerprint density at radius 1 is 1.47 bits per heavy atom. The monoisotopic (exact) mass is 259 g/mol. The Morgan fingerprint density at radius 3 is 2.71 bits per heavy atom. The first kappa shape index (κ1) is 13.4. The van der Waals surface area contributed by atoms with Crippen LogP contribution in [0.4, 0.5) is 4.39 Å². The van der Waals surface area contributed by atoms with Gasteiger partial charge in [0, 0.05) is 11.6 Å². The molecule has 0 fully saturated rings. The van der Waals surface area contributed by atoms with Crippen molar-refractivity contribution in [2.24, 2.45) is 0 Å². The van der Waals surface area contributed by atoms with Crippen LogP contribution in [-0.4, -0.2) is 19.0 Å². The first-order valence-electron chi connectivity index (χ1n) is 4.76. The van der Waals surface area contributed by atoms with Gasteiger partial charge >= 0.3 is 11.9 Å². The van der Waals surface area contributed by atoms with Crippen molar-refractivity contribution in [2.75, 3.05) is 7.11 Å². The number of carbonyl (C=O) groups is 2. The maximum atomic E-state index is 13.2. The van der Waals surface area contributed by atoms with Gasteiger partial charge in [0.15, 0.2) is 0 Å². The van der Waals surface area contributed by atoms with Gasteiger partial charge in [-0.25, -0.2) is 9.18 Å². The maximum Gasteiger partial charge on any atom is 0.396 e. The molecule has 1 aromatic rings. The summed E-state index contributed by atoms with van der Waals surface area (Å²) in [6.45, 7) is 1.54. The van der Waals surface area contributed by atoms with Gasteiger partial charge in [0.25, 0.3) is 0 Å². The second-order valence-corrected chi connectivity index (χ2v) is 3.77. The third kappa shape index (κ3) is 3.42. The molecule has 1 aromatic carbocycles. The summed E-state index contributed by atoms with van der Waals surface area (Å²) in [5.74, 6) is -2.32. The molecule has 0 aliphatic carbocycles. The summed E-state index contributed by atoms with van der Waals surface area (Å²) in [5.41, 5.74) is 0.810. The van der Waals surface area contributed by atoms with Gasteiger partial charge in [0.1, 0.15) is 5.82 Å². The highest BCUT2D eigenvalue weighted by atomic mass is 35.5. The molecule has 0 aromatic heterocycles. The highest BCUT2D eigenvalue weighted by Crippen LogP contribution is 2.20. The number of aryl methyl sites for hydroxylation is 1. The lowest BCUT2D eigenvalue weighted by molar-refractivity contribution is -0.152. The summed E-state index contributed by atoms with van der Waals surface area (Å²) in [5, 5.41) is 2.60. The lowest BCUT2D eigenvalue weighted by Crippen LogP contribution is -2.31. The molecule has 0 radical (unpaired) electrons. The van der Waals surface area contributed by atoms with Crippen molar-refractivity contribution in [1.29, 1.82) is 0 Å². The van der Waals surface area contributed by atoms with Gasteiger partial charge in [0.2, 0.25) is 0 Å². The number of hydrogen-bond donors (Lipinski definition) is 1. The van der Waals surface area contributed by atoms with Gasteiger partial charge in [-0.1, -0.05) is 11.6 Å². The highest BCUT2D eigenvalue weighted by molar-refractivity contribution is 6.33. The van der Waals surface area contributed by atoms with Crippen LogP contribution in [0.15, 0.2) is 12.1 Å². The summed E-state index contributed by atoms with van der Waals surface area (Å²) < 4.78 is 17.5. The number of benzene rings is 1. The van der Waals surface area contributed by atoms with Crippen LogP contribution in [0.25, 0.3) is 0 Å². The Hall–Kier alpha value is -1.62. The third-order valence-corrected chi connectivity index (χ3v) is 2.49. The van der Waals surface area contributed by atoms with E-state index in [4.69, 9.17) is 11.6 Å². The Morgan fingerprint density at radius 2 is 2.12 bits per heavy atom. The minimum absolute atomic E-state index is 0.0377. The van der Waals surface area contributed by atoms with Crippen LogP contribution in [0, 0.1) is 12.7 Å². The Kier molecular flexibility index (Phi) is 4.45. The molecule has 0 saturated carbocycles. The quantitative estimate of drug-likeness (QED) is 0.648. The van der Waals surface area contributed by atoms with Crippen LogP contribution in [0.2, 0.25) is 5.02 Å². The van der Waals surface area contributed by atoms with Crippen molar-refractivity contribution in [1.82, 2.24) is 5.32 Å². The molecule has 0 saturated heterocycles. The molecule has 0 spiro atoms. The molecule has 0 atom stereocenters. The topological polar surface area (TPSA) is 55.4 Å². The van der Waals surface area contributed by atoms with Gasteiger partial charge < -0.3 is 10.1 Å². The molecule has 0 bridgehead atoms. The largest absolute Gasteiger partial charge is 0.462 e. The van der Waals surface area contributed by atoms with E-state index in [1.807, 2.05) is 0 Å². The van der Waals surface area contributed by atoms with Crippen LogP contribution in [0.3, 0.4) is 0 Å². The van der Waals surface area contributed by atoms with Gasteiger partial charge in [-0.3, -0.25) is 4.79 Å². The van der Waals surface area contributed by atoms with Crippen LogP contribution in [0.5, 0.6) is 0 Å². The molecule has 0 aliphatic heterocycles. The zero-order valence-electron chi connectivity index (χ0n) is 9.34. The number of esters is 1. The molecule has 4 nitrogen and oxygen atoms in total. The first-order valence-corrected chi connectivity index (χ1v) is 5.14. The third-order valence-electron chi connectivity index (χ3n) is 2.14. The van der Waals surface area contributed by atoms with Crippen molar-refractivity contribution >= 4 is 23.5 Å².